The maximum absolute atomic E-state index is 11.2. The number of carbonyl (C=O) groups excluding carboxylic acids is 1. The van der Waals surface area contributed by atoms with Crippen molar-refractivity contribution in [2.75, 3.05) is 0 Å². The summed E-state index contributed by atoms with van der Waals surface area (Å²) in [5.41, 5.74) is 3.69. The van der Waals surface area contributed by atoms with Gasteiger partial charge in [-0.2, -0.15) is 0 Å². The summed E-state index contributed by atoms with van der Waals surface area (Å²) in [6.07, 6.45) is 0.634. The molecule has 0 N–H and O–H groups in total. The van der Waals surface area contributed by atoms with Gasteiger partial charge >= 0.3 is 0 Å². The predicted molar refractivity (Wildman–Crippen MR) is 82.0 cm³/mol. The average Bonchev–Trinajstić information content (AvgIpc) is 2.48. The fourth-order valence-electron chi connectivity index (χ4n) is 1.98. The molecule has 2 aromatic rings. The largest absolute Gasteiger partial charge is 0.483 e. The van der Waals surface area contributed by atoms with E-state index in [1.807, 2.05) is 24.3 Å². The summed E-state index contributed by atoms with van der Waals surface area (Å²) in [5, 5.41) is 0. The highest BCUT2D eigenvalue weighted by Gasteiger charge is 2.09. The number of benzene rings is 2. The molecule has 0 heterocycles. The summed E-state index contributed by atoms with van der Waals surface area (Å²) in [6, 6.07) is 16.4. The third-order valence-corrected chi connectivity index (χ3v) is 3.41. The molecule has 0 aliphatic heterocycles. The van der Waals surface area contributed by atoms with Crippen molar-refractivity contribution < 1.29 is 9.53 Å². The summed E-state index contributed by atoms with van der Waals surface area (Å²) in [7, 11) is 0. The predicted octanol–water partition coefficient (Wildman–Crippen LogP) is 4.27. The molecule has 104 valence electrons. The zero-order valence-corrected chi connectivity index (χ0v) is 12.2. The van der Waals surface area contributed by atoms with E-state index in [4.69, 9.17) is 4.74 Å². The van der Waals surface area contributed by atoms with Crippen LogP contribution in [0.15, 0.2) is 48.5 Å². The quantitative estimate of drug-likeness (QED) is 0.809. The molecule has 0 spiro atoms. The van der Waals surface area contributed by atoms with Crippen molar-refractivity contribution in [3.63, 3.8) is 0 Å². The van der Waals surface area contributed by atoms with Gasteiger partial charge in [0.05, 0.1) is 0 Å². The standard InChI is InChI=1S/C18H20O2/c1-4-15-6-5-7-17(12-15)16-8-10-18(11-9-16)20-14(3)13(2)19/h5-12,14H,4H2,1-3H3. The highest BCUT2D eigenvalue weighted by atomic mass is 16.5. The van der Waals surface area contributed by atoms with Gasteiger partial charge in [-0.05, 0) is 49.1 Å². The number of aryl methyl sites for hydroxylation is 1. The van der Waals surface area contributed by atoms with Gasteiger partial charge in [-0.15, -0.1) is 0 Å². The molecule has 0 aliphatic rings. The van der Waals surface area contributed by atoms with Crippen LogP contribution in [0.1, 0.15) is 26.3 Å². The van der Waals surface area contributed by atoms with E-state index in [2.05, 4.69) is 31.2 Å². The molecule has 0 saturated heterocycles. The summed E-state index contributed by atoms with van der Waals surface area (Å²) in [5.74, 6) is 0.757. The van der Waals surface area contributed by atoms with E-state index in [9.17, 15) is 4.79 Å². The van der Waals surface area contributed by atoms with Gasteiger partial charge in [0.2, 0.25) is 0 Å². The second-order valence-electron chi connectivity index (χ2n) is 4.95. The minimum atomic E-state index is -0.399. The van der Waals surface area contributed by atoms with Gasteiger partial charge in [0.25, 0.3) is 0 Å². The lowest BCUT2D eigenvalue weighted by atomic mass is 10.0. The van der Waals surface area contributed by atoms with Crippen LogP contribution in [0.3, 0.4) is 0 Å². The Hall–Kier alpha value is -2.09. The zero-order chi connectivity index (χ0) is 14.5. The van der Waals surface area contributed by atoms with Crippen LogP contribution in [0, 0.1) is 0 Å². The molecule has 0 saturated carbocycles. The maximum Gasteiger partial charge on any atom is 0.169 e. The van der Waals surface area contributed by atoms with E-state index in [1.165, 1.54) is 18.1 Å². The van der Waals surface area contributed by atoms with Crippen LogP contribution in [-0.2, 0) is 11.2 Å². The molecule has 2 rings (SSSR count). The Morgan fingerprint density at radius 1 is 1.10 bits per heavy atom. The monoisotopic (exact) mass is 268 g/mol. The lowest BCUT2D eigenvalue weighted by Crippen LogP contribution is -2.20. The zero-order valence-electron chi connectivity index (χ0n) is 12.2. The van der Waals surface area contributed by atoms with Crippen LogP contribution >= 0.6 is 0 Å². The van der Waals surface area contributed by atoms with E-state index >= 15 is 0 Å². The lowest BCUT2D eigenvalue weighted by Gasteiger charge is -2.12. The van der Waals surface area contributed by atoms with Gasteiger partial charge in [-0.25, -0.2) is 0 Å². The van der Waals surface area contributed by atoms with Crippen LogP contribution in [0.5, 0.6) is 5.75 Å². The second-order valence-corrected chi connectivity index (χ2v) is 4.95. The Morgan fingerprint density at radius 3 is 2.40 bits per heavy atom. The second kappa shape index (κ2) is 6.38. The number of carbonyl (C=O) groups is 1. The molecule has 1 atom stereocenters. The smallest absolute Gasteiger partial charge is 0.169 e. The first-order valence-electron chi connectivity index (χ1n) is 6.96. The third-order valence-electron chi connectivity index (χ3n) is 3.41. The van der Waals surface area contributed by atoms with Gasteiger partial charge < -0.3 is 4.74 Å². The van der Waals surface area contributed by atoms with Crippen molar-refractivity contribution in [2.24, 2.45) is 0 Å². The van der Waals surface area contributed by atoms with Crippen molar-refractivity contribution in [2.45, 2.75) is 33.3 Å². The molecule has 20 heavy (non-hydrogen) atoms. The molecule has 1 unspecified atom stereocenters. The molecule has 0 bridgehead atoms. The third kappa shape index (κ3) is 3.47. The maximum atomic E-state index is 11.2. The van der Waals surface area contributed by atoms with Gasteiger partial charge in [-0.1, -0.05) is 43.3 Å². The summed E-state index contributed by atoms with van der Waals surface area (Å²) in [4.78, 5) is 11.2. The molecule has 0 radical (unpaired) electrons. The Morgan fingerprint density at radius 2 is 1.80 bits per heavy atom. The number of rotatable bonds is 5. The minimum absolute atomic E-state index is 0.0322. The molecule has 2 aromatic carbocycles. The highest BCUT2D eigenvalue weighted by Crippen LogP contribution is 2.24. The lowest BCUT2D eigenvalue weighted by molar-refractivity contribution is -0.122. The number of hydrogen-bond acceptors (Lipinski definition) is 2. The van der Waals surface area contributed by atoms with Crippen molar-refractivity contribution in [3.05, 3.63) is 54.1 Å². The molecular formula is C18H20O2. The van der Waals surface area contributed by atoms with Crippen LogP contribution < -0.4 is 4.74 Å². The molecule has 0 amide bonds. The highest BCUT2D eigenvalue weighted by molar-refractivity contribution is 5.80. The Bertz CT molecular complexity index is 585. The average molecular weight is 268 g/mol. The summed E-state index contributed by atoms with van der Waals surface area (Å²) in [6.45, 7) is 5.45. The van der Waals surface area contributed by atoms with Gasteiger partial charge in [0, 0.05) is 0 Å². The summed E-state index contributed by atoms with van der Waals surface area (Å²) < 4.78 is 5.56. The first-order valence-corrected chi connectivity index (χ1v) is 6.96. The van der Waals surface area contributed by atoms with E-state index in [1.54, 1.807) is 6.92 Å². The molecule has 0 aliphatic carbocycles. The Labute approximate surface area is 120 Å². The minimum Gasteiger partial charge on any atom is -0.483 e. The Balaban J connectivity index is 2.17. The van der Waals surface area contributed by atoms with Crippen LogP contribution in [0.2, 0.25) is 0 Å². The normalized spacial score (nSPS) is 11.9. The van der Waals surface area contributed by atoms with Crippen molar-refractivity contribution in [1.82, 2.24) is 0 Å². The van der Waals surface area contributed by atoms with Gasteiger partial charge in [-0.3, -0.25) is 4.79 Å². The van der Waals surface area contributed by atoms with Crippen LogP contribution in [0.4, 0.5) is 0 Å². The van der Waals surface area contributed by atoms with E-state index in [0.29, 0.717) is 0 Å². The van der Waals surface area contributed by atoms with Crippen molar-refractivity contribution in [3.8, 4) is 16.9 Å². The molecule has 2 heteroatoms. The topological polar surface area (TPSA) is 26.3 Å². The fourth-order valence-corrected chi connectivity index (χ4v) is 1.98. The SMILES string of the molecule is CCc1cccc(-c2ccc(OC(C)C(C)=O)cc2)c1. The van der Waals surface area contributed by atoms with E-state index in [0.717, 1.165) is 17.7 Å². The first kappa shape index (κ1) is 14.3. The van der Waals surface area contributed by atoms with Crippen molar-refractivity contribution in [1.29, 1.82) is 0 Å². The number of Topliss-reactive ketones (excluding diaryl/α,β-unsaturated/α-hetero) is 1. The number of ether oxygens (including phenoxy) is 1. The molecule has 0 fully saturated rings. The molecule has 0 aromatic heterocycles. The molecular weight excluding hydrogens is 248 g/mol. The number of ketones is 1. The summed E-state index contributed by atoms with van der Waals surface area (Å²) >= 11 is 0. The van der Waals surface area contributed by atoms with Crippen LogP contribution in [-0.4, -0.2) is 11.9 Å². The van der Waals surface area contributed by atoms with Crippen molar-refractivity contribution >= 4 is 5.78 Å². The Kier molecular flexibility index (Phi) is 4.57. The van der Waals surface area contributed by atoms with E-state index in [-0.39, 0.29) is 5.78 Å². The van der Waals surface area contributed by atoms with Gasteiger partial charge in [0.1, 0.15) is 5.75 Å². The fraction of sp³-hybridized carbons (Fsp3) is 0.278. The number of hydrogen-bond donors (Lipinski definition) is 0. The van der Waals surface area contributed by atoms with E-state index < -0.39 is 6.10 Å². The van der Waals surface area contributed by atoms with Gasteiger partial charge in [0.15, 0.2) is 11.9 Å². The van der Waals surface area contributed by atoms with Crippen LogP contribution in [0.25, 0.3) is 11.1 Å². The first-order chi connectivity index (χ1) is 9.60. The molecule has 2 nitrogen and oxygen atoms in total.